The molecule has 2 aromatic rings. The average Bonchev–Trinajstić information content (AvgIpc) is 2.39. The Morgan fingerprint density at radius 3 is 2.89 bits per heavy atom. The summed E-state index contributed by atoms with van der Waals surface area (Å²) in [5.74, 6) is 0.935. The van der Waals surface area contributed by atoms with E-state index in [9.17, 15) is 4.79 Å². The molecule has 1 aromatic carbocycles. The zero-order valence-corrected chi connectivity index (χ0v) is 11.4. The van der Waals surface area contributed by atoms with Gasteiger partial charge in [0, 0.05) is 24.1 Å². The van der Waals surface area contributed by atoms with Gasteiger partial charge in [-0.3, -0.25) is 9.36 Å². The summed E-state index contributed by atoms with van der Waals surface area (Å²) in [6, 6.07) is 10.0. The van der Waals surface area contributed by atoms with Gasteiger partial charge in [0.15, 0.2) is 0 Å². The topological polar surface area (TPSA) is 34.9 Å². The molecule has 0 bridgehead atoms. The number of hydrogen-bond donors (Lipinski definition) is 0. The number of rotatable bonds is 1. The molecule has 0 saturated carbocycles. The molecule has 3 nitrogen and oxygen atoms in total. The van der Waals surface area contributed by atoms with Gasteiger partial charge in [-0.2, -0.15) is 0 Å². The molecule has 1 atom stereocenters. The fourth-order valence-corrected chi connectivity index (χ4v) is 2.87. The standard InChI is InChI=1S/C16H18N2O/c1-11-6-3-4-8-13(11)14-10-16(19)18-12(2)7-5-9-15(18)17-14/h3-4,6,8,10,12H,5,7,9H2,1-2H3/t12-/m0/s1. The van der Waals surface area contributed by atoms with Crippen molar-refractivity contribution in [3.05, 3.63) is 52.1 Å². The maximum atomic E-state index is 12.3. The van der Waals surface area contributed by atoms with Gasteiger partial charge in [0.1, 0.15) is 5.82 Å². The highest BCUT2D eigenvalue weighted by molar-refractivity contribution is 5.62. The number of aromatic nitrogens is 2. The van der Waals surface area contributed by atoms with Gasteiger partial charge in [-0.25, -0.2) is 4.98 Å². The van der Waals surface area contributed by atoms with E-state index < -0.39 is 0 Å². The maximum Gasteiger partial charge on any atom is 0.254 e. The summed E-state index contributed by atoms with van der Waals surface area (Å²) in [5.41, 5.74) is 3.10. The largest absolute Gasteiger partial charge is 0.294 e. The van der Waals surface area contributed by atoms with E-state index in [0.29, 0.717) is 0 Å². The minimum atomic E-state index is 0.0791. The summed E-state index contributed by atoms with van der Waals surface area (Å²) in [6.45, 7) is 4.15. The first-order valence-corrected chi connectivity index (χ1v) is 6.85. The van der Waals surface area contributed by atoms with Crippen LogP contribution in [-0.2, 0) is 6.42 Å². The zero-order valence-electron chi connectivity index (χ0n) is 11.4. The quantitative estimate of drug-likeness (QED) is 0.783. The minimum Gasteiger partial charge on any atom is -0.294 e. The summed E-state index contributed by atoms with van der Waals surface area (Å²) < 4.78 is 1.85. The van der Waals surface area contributed by atoms with Crippen LogP contribution in [0.15, 0.2) is 35.1 Å². The lowest BCUT2D eigenvalue weighted by Gasteiger charge is -2.24. The van der Waals surface area contributed by atoms with Crippen molar-refractivity contribution >= 4 is 0 Å². The van der Waals surface area contributed by atoms with Crippen molar-refractivity contribution in [2.45, 2.75) is 39.2 Å². The van der Waals surface area contributed by atoms with Crippen molar-refractivity contribution in [1.29, 1.82) is 0 Å². The third-order valence-corrected chi connectivity index (χ3v) is 3.91. The summed E-state index contributed by atoms with van der Waals surface area (Å²) in [6.07, 6.45) is 3.09. The molecule has 0 saturated heterocycles. The molecule has 0 unspecified atom stereocenters. The lowest BCUT2D eigenvalue weighted by Crippen LogP contribution is -2.30. The third kappa shape index (κ3) is 2.09. The van der Waals surface area contributed by atoms with Gasteiger partial charge in [-0.1, -0.05) is 24.3 Å². The molecule has 0 radical (unpaired) electrons. The summed E-state index contributed by atoms with van der Waals surface area (Å²) >= 11 is 0. The molecule has 0 amide bonds. The lowest BCUT2D eigenvalue weighted by atomic mass is 10.0. The van der Waals surface area contributed by atoms with Gasteiger partial charge in [0.05, 0.1) is 5.69 Å². The smallest absolute Gasteiger partial charge is 0.254 e. The summed E-state index contributed by atoms with van der Waals surface area (Å²) in [5, 5.41) is 0. The van der Waals surface area contributed by atoms with E-state index in [2.05, 4.69) is 19.9 Å². The van der Waals surface area contributed by atoms with Crippen LogP contribution in [0.3, 0.4) is 0 Å². The molecule has 1 aliphatic rings. The Bertz CT molecular complexity index is 673. The van der Waals surface area contributed by atoms with Gasteiger partial charge < -0.3 is 0 Å². The van der Waals surface area contributed by atoms with Crippen molar-refractivity contribution in [3.63, 3.8) is 0 Å². The van der Waals surface area contributed by atoms with Crippen molar-refractivity contribution in [2.24, 2.45) is 0 Å². The number of fused-ring (bicyclic) bond motifs is 1. The molecule has 0 spiro atoms. The molecule has 1 aliphatic heterocycles. The molecule has 0 fully saturated rings. The Balaban J connectivity index is 2.18. The van der Waals surface area contributed by atoms with Gasteiger partial charge in [-0.05, 0) is 32.3 Å². The maximum absolute atomic E-state index is 12.3. The average molecular weight is 254 g/mol. The Labute approximate surface area is 112 Å². The van der Waals surface area contributed by atoms with Gasteiger partial charge in [-0.15, -0.1) is 0 Å². The second kappa shape index (κ2) is 4.65. The first-order chi connectivity index (χ1) is 9.16. The molecule has 98 valence electrons. The molecule has 2 heterocycles. The lowest BCUT2D eigenvalue weighted by molar-refractivity contribution is 0.405. The highest BCUT2D eigenvalue weighted by Crippen LogP contribution is 2.25. The molecule has 0 N–H and O–H groups in total. The van der Waals surface area contributed by atoms with Crippen LogP contribution < -0.4 is 5.56 Å². The summed E-state index contributed by atoms with van der Waals surface area (Å²) in [7, 11) is 0. The van der Waals surface area contributed by atoms with Crippen LogP contribution in [0.5, 0.6) is 0 Å². The summed E-state index contributed by atoms with van der Waals surface area (Å²) in [4.78, 5) is 17.0. The predicted octanol–water partition coefficient (Wildman–Crippen LogP) is 3.12. The predicted molar refractivity (Wildman–Crippen MR) is 76.3 cm³/mol. The van der Waals surface area contributed by atoms with Crippen LogP contribution in [-0.4, -0.2) is 9.55 Å². The van der Waals surface area contributed by atoms with Crippen molar-refractivity contribution in [3.8, 4) is 11.3 Å². The normalized spacial score (nSPS) is 18.1. The number of hydrogen-bond acceptors (Lipinski definition) is 2. The van der Waals surface area contributed by atoms with E-state index in [1.54, 1.807) is 6.07 Å². The van der Waals surface area contributed by atoms with Crippen LogP contribution in [0.1, 0.15) is 37.2 Å². The molecule has 19 heavy (non-hydrogen) atoms. The second-order valence-electron chi connectivity index (χ2n) is 5.32. The highest BCUT2D eigenvalue weighted by Gasteiger charge is 2.19. The first-order valence-electron chi connectivity index (χ1n) is 6.85. The van der Waals surface area contributed by atoms with Crippen LogP contribution >= 0.6 is 0 Å². The number of benzene rings is 1. The second-order valence-corrected chi connectivity index (χ2v) is 5.32. The number of nitrogens with zero attached hydrogens (tertiary/aromatic N) is 2. The molecular formula is C16H18N2O. The third-order valence-electron chi connectivity index (χ3n) is 3.91. The van der Waals surface area contributed by atoms with E-state index in [1.807, 2.05) is 22.8 Å². The molecule has 3 heteroatoms. The van der Waals surface area contributed by atoms with E-state index in [4.69, 9.17) is 4.98 Å². The van der Waals surface area contributed by atoms with Gasteiger partial charge in [0.2, 0.25) is 0 Å². The Hall–Kier alpha value is -1.90. The van der Waals surface area contributed by atoms with E-state index in [-0.39, 0.29) is 11.6 Å². The monoisotopic (exact) mass is 254 g/mol. The van der Waals surface area contributed by atoms with Crippen molar-refractivity contribution < 1.29 is 0 Å². The molecule has 1 aromatic heterocycles. The van der Waals surface area contributed by atoms with E-state index in [0.717, 1.165) is 41.9 Å². The van der Waals surface area contributed by atoms with Gasteiger partial charge in [0.25, 0.3) is 5.56 Å². The van der Waals surface area contributed by atoms with E-state index >= 15 is 0 Å². The van der Waals surface area contributed by atoms with Crippen molar-refractivity contribution in [1.82, 2.24) is 9.55 Å². The van der Waals surface area contributed by atoms with Crippen LogP contribution in [0, 0.1) is 6.92 Å². The van der Waals surface area contributed by atoms with E-state index in [1.165, 1.54) is 0 Å². The van der Waals surface area contributed by atoms with Crippen molar-refractivity contribution in [2.75, 3.05) is 0 Å². The first kappa shape index (κ1) is 12.2. The SMILES string of the molecule is Cc1ccccc1-c1cc(=O)n2c(n1)CCC[C@@H]2C. The number of aryl methyl sites for hydroxylation is 2. The molecule has 3 rings (SSSR count). The van der Waals surface area contributed by atoms with Gasteiger partial charge >= 0.3 is 0 Å². The fourth-order valence-electron chi connectivity index (χ4n) is 2.87. The Morgan fingerprint density at radius 2 is 2.11 bits per heavy atom. The fraction of sp³-hybridized carbons (Fsp3) is 0.375. The zero-order chi connectivity index (χ0) is 13.4. The highest BCUT2D eigenvalue weighted by atomic mass is 16.1. The molecule has 0 aliphatic carbocycles. The Kier molecular flexibility index (Phi) is 2.97. The van der Waals surface area contributed by atoms with Crippen LogP contribution in [0.25, 0.3) is 11.3 Å². The Morgan fingerprint density at radius 1 is 1.32 bits per heavy atom. The minimum absolute atomic E-state index is 0.0791. The van der Waals surface area contributed by atoms with Crippen LogP contribution in [0.2, 0.25) is 0 Å². The van der Waals surface area contributed by atoms with Crippen LogP contribution in [0.4, 0.5) is 0 Å². The molecular weight excluding hydrogens is 236 g/mol.